The third-order valence-electron chi connectivity index (χ3n) is 8.54. The zero-order valence-corrected chi connectivity index (χ0v) is 26.2. The van der Waals surface area contributed by atoms with Gasteiger partial charge in [0.1, 0.15) is 6.04 Å². The van der Waals surface area contributed by atoms with Crippen molar-refractivity contribution in [3.05, 3.63) is 126 Å². The molecule has 4 aromatic rings. The van der Waals surface area contributed by atoms with Gasteiger partial charge in [0.2, 0.25) is 11.8 Å². The molecule has 6 nitrogen and oxygen atoms in total. The number of hydrogen-bond donors (Lipinski definition) is 2. The van der Waals surface area contributed by atoms with Gasteiger partial charge < -0.3 is 16.0 Å². The summed E-state index contributed by atoms with van der Waals surface area (Å²) in [6.45, 7) is 10.2. The fourth-order valence-electron chi connectivity index (χ4n) is 6.29. The van der Waals surface area contributed by atoms with Gasteiger partial charge in [-0.25, -0.2) is 0 Å². The lowest BCUT2D eigenvalue weighted by molar-refractivity contribution is -0.135. The van der Waals surface area contributed by atoms with Gasteiger partial charge in [0.05, 0.1) is 24.1 Å². The molecule has 0 aliphatic carbocycles. The first kappa shape index (κ1) is 31.5. The van der Waals surface area contributed by atoms with Crippen LogP contribution >= 0.6 is 0 Å². The number of carbonyl (C=O) groups excluding carboxylic acids is 3. The highest BCUT2D eigenvalue weighted by molar-refractivity contribution is 6.06. The Labute approximate surface area is 266 Å². The quantitative estimate of drug-likeness (QED) is 0.176. The van der Waals surface area contributed by atoms with Crippen LogP contribution in [-0.2, 0) is 20.9 Å². The van der Waals surface area contributed by atoms with E-state index in [1.165, 1.54) is 5.56 Å². The number of para-hydroxylation sites is 1. The summed E-state index contributed by atoms with van der Waals surface area (Å²) in [6.07, 6.45) is 2.35. The van der Waals surface area contributed by atoms with Gasteiger partial charge in [-0.3, -0.25) is 14.4 Å². The van der Waals surface area contributed by atoms with Crippen LogP contribution in [0.2, 0.25) is 0 Å². The van der Waals surface area contributed by atoms with Crippen molar-refractivity contribution in [1.82, 2.24) is 5.32 Å². The van der Waals surface area contributed by atoms with Crippen LogP contribution in [0.1, 0.15) is 49.4 Å². The molecular formula is C39H41N3O3. The van der Waals surface area contributed by atoms with Crippen molar-refractivity contribution in [3.8, 4) is 22.3 Å². The molecule has 1 heterocycles. The summed E-state index contributed by atoms with van der Waals surface area (Å²) in [4.78, 5) is 43.0. The van der Waals surface area contributed by atoms with Crippen molar-refractivity contribution in [2.24, 2.45) is 23.5 Å². The van der Waals surface area contributed by atoms with E-state index in [1.54, 1.807) is 11.0 Å². The van der Waals surface area contributed by atoms with Gasteiger partial charge in [-0.2, -0.15) is 0 Å². The highest BCUT2D eigenvalue weighted by Gasteiger charge is 2.38. The van der Waals surface area contributed by atoms with Crippen molar-refractivity contribution in [3.63, 3.8) is 0 Å². The van der Waals surface area contributed by atoms with Crippen LogP contribution < -0.4 is 16.0 Å². The first-order valence-electron chi connectivity index (χ1n) is 15.5. The molecule has 3 atom stereocenters. The van der Waals surface area contributed by atoms with E-state index >= 15 is 0 Å². The van der Waals surface area contributed by atoms with Crippen LogP contribution in [0.5, 0.6) is 0 Å². The van der Waals surface area contributed by atoms with E-state index in [-0.39, 0.29) is 24.2 Å². The predicted molar refractivity (Wildman–Crippen MR) is 181 cm³/mol. The van der Waals surface area contributed by atoms with E-state index in [0.29, 0.717) is 18.5 Å². The van der Waals surface area contributed by atoms with Crippen LogP contribution in [0, 0.1) is 24.7 Å². The Hall–Kier alpha value is -4.97. The minimum absolute atomic E-state index is 0.131. The maximum absolute atomic E-state index is 14.7. The van der Waals surface area contributed by atoms with Crippen molar-refractivity contribution in [2.75, 3.05) is 4.90 Å². The third kappa shape index (κ3) is 6.91. The van der Waals surface area contributed by atoms with Gasteiger partial charge in [0.15, 0.2) is 0 Å². The monoisotopic (exact) mass is 599 g/mol. The van der Waals surface area contributed by atoms with Crippen molar-refractivity contribution >= 4 is 23.4 Å². The summed E-state index contributed by atoms with van der Waals surface area (Å²) in [5.74, 6) is -2.46. The second-order valence-corrected chi connectivity index (χ2v) is 12.3. The molecule has 1 aliphatic rings. The lowest BCUT2D eigenvalue weighted by Gasteiger charge is -2.30. The number of rotatable bonds is 11. The fraction of sp³-hybridized carbons (Fsp3) is 0.256. The molecule has 0 saturated heterocycles. The third-order valence-corrected chi connectivity index (χ3v) is 8.54. The highest BCUT2D eigenvalue weighted by Crippen LogP contribution is 2.41. The first-order chi connectivity index (χ1) is 21.7. The van der Waals surface area contributed by atoms with Gasteiger partial charge in [-0.1, -0.05) is 110 Å². The van der Waals surface area contributed by atoms with Crippen molar-refractivity contribution in [2.45, 2.75) is 46.2 Å². The molecule has 230 valence electrons. The molecule has 1 unspecified atom stereocenters. The number of primary amides is 1. The molecule has 0 radical (unpaired) electrons. The number of fused-ring (bicyclic) bond motifs is 3. The fourth-order valence-corrected chi connectivity index (χ4v) is 6.29. The summed E-state index contributed by atoms with van der Waals surface area (Å²) in [5.41, 5.74) is 13.4. The van der Waals surface area contributed by atoms with Gasteiger partial charge in [0.25, 0.3) is 5.91 Å². The van der Waals surface area contributed by atoms with Crippen LogP contribution in [-0.4, -0.2) is 17.7 Å². The van der Waals surface area contributed by atoms with Gasteiger partial charge in [-0.05, 0) is 65.6 Å². The molecule has 6 heteroatoms. The molecule has 0 fully saturated rings. The predicted octanol–water partition coefficient (Wildman–Crippen LogP) is 7.37. The Balaban J connectivity index is 1.56. The number of nitrogens with two attached hydrogens (primary N) is 1. The number of amides is 3. The molecule has 0 aromatic heterocycles. The van der Waals surface area contributed by atoms with E-state index in [9.17, 15) is 14.4 Å². The van der Waals surface area contributed by atoms with Crippen molar-refractivity contribution in [1.29, 1.82) is 0 Å². The molecule has 45 heavy (non-hydrogen) atoms. The summed E-state index contributed by atoms with van der Waals surface area (Å²) < 4.78 is 0. The maximum Gasteiger partial charge on any atom is 0.254 e. The SMILES string of the molecule is C=CC[C@H](C(N)=O)[C@@H](CC(C)C)C(=O)NC1C(=O)N(Cc2cccc(-c3ccc(C)cc3)c2)c2ccccc2-c2ccccc21. The number of hydrogen-bond acceptors (Lipinski definition) is 3. The summed E-state index contributed by atoms with van der Waals surface area (Å²) >= 11 is 0. The molecule has 3 amide bonds. The Morgan fingerprint density at radius 1 is 0.889 bits per heavy atom. The number of allylic oxidation sites excluding steroid dienone is 1. The van der Waals surface area contributed by atoms with Crippen LogP contribution in [0.25, 0.3) is 22.3 Å². The van der Waals surface area contributed by atoms with Crippen molar-refractivity contribution < 1.29 is 14.4 Å². The normalized spacial score (nSPS) is 15.4. The zero-order chi connectivity index (χ0) is 32.1. The second kappa shape index (κ2) is 13.8. The number of benzene rings is 4. The van der Waals surface area contributed by atoms with E-state index < -0.39 is 23.8 Å². The standard InChI is InChI=1S/C39H41N3O3/c1-5-11-33(37(40)43)34(22-25(2)3)38(44)41-36-32-16-7-6-14-30(32)31-15-8-9-17-35(31)42(39(36)45)24-27-12-10-13-29(23-27)28-20-18-26(4)19-21-28/h5-10,12-21,23,25,33-34,36H,1,11,22,24H2,2-4H3,(H2,40,43)(H,41,44)/t33-,34+,36?/m0/s1. The van der Waals surface area contributed by atoms with Gasteiger partial charge in [-0.15, -0.1) is 6.58 Å². The molecule has 1 aliphatic heterocycles. The molecule has 0 bridgehead atoms. The van der Waals surface area contributed by atoms with E-state index in [1.807, 2.05) is 74.5 Å². The molecule has 4 aromatic carbocycles. The van der Waals surface area contributed by atoms with Crippen LogP contribution in [0.4, 0.5) is 5.69 Å². The summed E-state index contributed by atoms with van der Waals surface area (Å²) in [7, 11) is 0. The number of aryl methyl sites for hydroxylation is 1. The largest absolute Gasteiger partial charge is 0.369 e. The Kier molecular flexibility index (Phi) is 9.62. The maximum atomic E-state index is 14.7. The molecule has 5 rings (SSSR count). The number of nitrogens with one attached hydrogen (secondary N) is 1. The highest BCUT2D eigenvalue weighted by atomic mass is 16.2. The topological polar surface area (TPSA) is 92.5 Å². The second-order valence-electron chi connectivity index (χ2n) is 12.3. The van der Waals surface area contributed by atoms with E-state index in [2.05, 4.69) is 55.2 Å². The van der Waals surface area contributed by atoms with Crippen LogP contribution in [0.3, 0.4) is 0 Å². The lowest BCUT2D eigenvalue weighted by atomic mass is 9.82. The number of nitrogens with zero attached hydrogens (tertiary/aromatic N) is 1. The molecule has 0 spiro atoms. The minimum atomic E-state index is -0.965. The van der Waals surface area contributed by atoms with Crippen LogP contribution in [0.15, 0.2) is 110 Å². The minimum Gasteiger partial charge on any atom is -0.369 e. The average molecular weight is 600 g/mol. The van der Waals surface area contributed by atoms with E-state index in [4.69, 9.17) is 5.73 Å². The Morgan fingerprint density at radius 2 is 1.58 bits per heavy atom. The van der Waals surface area contributed by atoms with Gasteiger partial charge >= 0.3 is 0 Å². The Bertz CT molecular complexity index is 1710. The molecule has 3 N–H and O–H groups in total. The smallest absolute Gasteiger partial charge is 0.254 e. The summed E-state index contributed by atoms with van der Waals surface area (Å²) in [6, 6.07) is 31.2. The first-order valence-corrected chi connectivity index (χ1v) is 15.5. The Morgan fingerprint density at radius 3 is 2.27 bits per heavy atom. The lowest BCUT2D eigenvalue weighted by Crippen LogP contribution is -2.47. The average Bonchev–Trinajstić information content (AvgIpc) is 3.12. The molecule has 0 saturated carbocycles. The van der Waals surface area contributed by atoms with Gasteiger partial charge in [0, 0.05) is 5.56 Å². The molecular weight excluding hydrogens is 558 g/mol. The number of anilines is 1. The summed E-state index contributed by atoms with van der Waals surface area (Å²) in [5, 5.41) is 3.08. The number of carbonyl (C=O) groups is 3. The van der Waals surface area contributed by atoms with E-state index in [0.717, 1.165) is 33.5 Å². The zero-order valence-electron chi connectivity index (χ0n) is 26.2.